The molecule has 0 unspecified atom stereocenters. The van der Waals surface area contributed by atoms with Crippen LogP contribution in [-0.4, -0.2) is 59.3 Å². The molecule has 0 bridgehead atoms. The maximum Gasteiger partial charge on any atom is 0.309 e. The summed E-state index contributed by atoms with van der Waals surface area (Å²) in [5.74, 6) is -1.27. The molecule has 1 aliphatic heterocycles. The topological polar surface area (TPSA) is 73.9 Å². The molecule has 0 aromatic heterocycles. The molecule has 7 nitrogen and oxygen atoms in total. The number of amides is 2. The standard InChI is InChI=1S/C23H30N4O3/c1-26(2)19-10-8-18(9-11-19)21(16-25-23(29)22(28)24-13-15-30-3)27-14-12-17-6-4-5-7-20(17)27/h4-11,21H,12-16H2,1-3H3,(H,24,28)(H,25,29)/t21-/m1/s1. The first-order valence-electron chi connectivity index (χ1n) is 10.2. The number of benzene rings is 2. The minimum atomic E-state index is -0.643. The number of nitrogens with one attached hydrogen (secondary N) is 2. The lowest BCUT2D eigenvalue weighted by Crippen LogP contribution is -2.44. The lowest BCUT2D eigenvalue weighted by Gasteiger charge is -2.31. The minimum Gasteiger partial charge on any atom is -0.383 e. The highest BCUT2D eigenvalue weighted by atomic mass is 16.5. The third-order valence-corrected chi connectivity index (χ3v) is 5.35. The molecule has 0 fully saturated rings. The fourth-order valence-electron chi connectivity index (χ4n) is 3.71. The second-order valence-electron chi connectivity index (χ2n) is 7.53. The quantitative estimate of drug-likeness (QED) is 0.512. The molecule has 3 rings (SSSR count). The first-order valence-corrected chi connectivity index (χ1v) is 10.2. The van der Waals surface area contributed by atoms with Gasteiger partial charge >= 0.3 is 11.8 Å². The average Bonchev–Trinajstić information content (AvgIpc) is 3.18. The van der Waals surface area contributed by atoms with E-state index in [1.165, 1.54) is 11.3 Å². The molecule has 2 aromatic rings. The lowest BCUT2D eigenvalue weighted by atomic mass is 10.0. The van der Waals surface area contributed by atoms with E-state index >= 15 is 0 Å². The second kappa shape index (κ2) is 10.1. The predicted octanol–water partition coefficient (Wildman–Crippen LogP) is 1.74. The molecule has 160 valence electrons. The van der Waals surface area contributed by atoms with Gasteiger partial charge in [0.15, 0.2) is 0 Å². The Hall–Kier alpha value is -3.06. The number of nitrogens with zero attached hydrogens (tertiary/aromatic N) is 2. The van der Waals surface area contributed by atoms with Gasteiger partial charge in [-0.05, 0) is 35.7 Å². The first-order chi connectivity index (χ1) is 14.5. The maximum atomic E-state index is 12.3. The van der Waals surface area contributed by atoms with Crippen LogP contribution in [0.2, 0.25) is 0 Å². The number of methoxy groups -OCH3 is 1. The molecule has 2 aromatic carbocycles. The van der Waals surface area contributed by atoms with Crippen molar-refractivity contribution in [3.63, 3.8) is 0 Å². The van der Waals surface area contributed by atoms with Crippen molar-refractivity contribution in [2.75, 3.05) is 57.2 Å². The van der Waals surface area contributed by atoms with Gasteiger partial charge in [0.2, 0.25) is 0 Å². The fourth-order valence-corrected chi connectivity index (χ4v) is 3.71. The van der Waals surface area contributed by atoms with Crippen LogP contribution in [0.15, 0.2) is 48.5 Å². The molecular weight excluding hydrogens is 380 g/mol. The summed E-state index contributed by atoms with van der Waals surface area (Å²) in [7, 11) is 5.56. The zero-order valence-corrected chi connectivity index (χ0v) is 17.9. The monoisotopic (exact) mass is 410 g/mol. The van der Waals surface area contributed by atoms with Crippen LogP contribution in [0.5, 0.6) is 0 Å². The summed E-state index contributed by atoms with van der Waals surface area (Å²) in [6.07, 6.45) is 0.966. The van der Waals surface area contributed by atoms with Gasteiger partial charge in [-0.25, -0.2) is 0 Å². The van der Waals surface area contributed by atoms with E-state index in [2.05, 4.69) is 62.9 Å². The van der Waals surface area contributed by atoms with E-state index in [9.17, 15) is 9.59 Å². The van der Waals surface area contributed by atoms with E-state index in [1.807, 2.05) is 20.2 Å². The summed E-state index contributed by atoms with van der Waals surface area (Å²) >= 11 is 0. The Labute approximate surface area is 178 Å². The van der Waals surface area contributed by atoms with E-state index in [0.717, 1.165) is 24.2 Å². The molecule has 0 spiro atoms. The van der Waals surface area contributed by atoms with Crippen LogP contribution in [0.25, 0.3) is 0 Å². The summed E-state index contributed by atoms with van der Waals surface area (Å²) in [5.41, 5.74) is 4.69. The van der Waals surface area contributed by atoms with E-state index < -0.39 is 11.8 Å². The van der Waals surface area contributed by atoms with Gasteiger partial charge in [0.25, 0.3) is 0 Å². The smallest absolute Gasteiger partial charge is 0.309 e. The molecular formula is C23H30N4O3. The van der Waals surface area contributed by atoms with Crippen molar-refractivity contribution in [3.8, 4) is 0 Å². The van der Waals surface area contributed by atoms with Gasteiger partial charge in [0.05, 0.1) is 12.6 Å². The largest absolute Gasteiger partial charge is 0.383 e. The maximum absolute atomic E-state index is 12.3. The number of carbonyl (C=O) groups is 2. The fraction of sp³-hybridized carbons (Fsp3) is 0.391. The molecule has 1 aliphatic rings. The van der Waals surface area contributed by atoms with Gasteiger partial charge in [-0.2, -0.15) is 0 Å². The number of rotatable bonds is 8. The summed E-state index contributed by atoms with van der Waals surface area (Å²) in [6.45, 7) is 1.88. The number of ether oxygens (including phenoxy) is 1. The SMILES string of the molecule is COCCNC(=O)C(=O)NC[C@H](c1ccc(N(C)C)cc1)N1CCc2ccccc21. The van der Waals surface area contributed by atoms with E-state index in [-0.39, 0.29) is 6.04 Å². The molecule has 0 radical (unpaired) electrons. The van der Waals surface area contributed by atoms with Gasteiger partial charge in [-0.15, -0.1) is 0 Å². The van der Waals surface area contributed by atoms with Crippen LogP contribution in [-0.2, 0) is 20.7 Å². The number of hydrogen-bond acceptors (Lipinski definition) is 5. The highest BCUT2D eigenvalue weighted by molar-refractivity contribution is 6.35. The predicted molar refractivity (Wildman–Crippen MR) is 119 cm³/mol. The molecule has 30 heavy (non-hydrogen) atoms. The van der Waals surface area contributed by atoms with Crippen molar-refractivity contribution in [3.05, 3.63) is 59.7 Å². The molecule has 7 heteroatoms. The highest BCUT2D eigenvalue weighted by Crippen LogP contribution is 2.35. The lowest BCUT2D eigenvalue weighted by molar-refractivity contribution is -0.139. The Morgan fingerprint density at radius 1 is 1.07 bits per heavy atom. The van der Waals surface area contributed by atoms with Crippen molar-refractivity contribution in [2.45, 2.75) is 12.5 Å². The molecule has 2 N–H and O–H groups in total. The number of fused-ring (bicyclic) bond motifs is 1. The van der Waals surface area contributed by atoms with Crippen molar-refractivity contribution in [2.24, 2.45) is 0 Å². The van der Waals surface area contributed by atoms with E-state index in [0.29, 0.717) is 19.7 Å². The third kappa shape index (κ3) is 5.10. The zero-order valence-electron chi connectivity index (χ0n) is 17.9. The highest BCUT2D eigenvalue weighted by Gasteiger charge is 2.28. The van der Waals surface area contributed by atoms with Gasteiger partial charge in [0.1, 0.15) is 0 Å². The van der Waals surface area contributed by atoms with Crippen LogP contribution in [0.3, 0.4) is 0 Å². The summed E-state index contributed by atoms with van der Waals surface area (Å²) in [5, 5.41) is 5.37. The van der Waals surface area contributed by atoms with Crippen molar-refractivity contribution in [1.29, 1.82) is 0 Å². The second-order valence-corrected chi connectivity index (χ2v) is 7.53. The average molecular weight is 411 g/mol. The number of anilines is 2. The Bertz CT molecular complexity index is 867. The summed E-state index contributed by atoms with van der Waals surface area (Å²) < 4.78 is 4.90. The Morgan fingerprint density at radius 3 is 2.47 bits per heavy atom. The third-order valence-electron chi connectivity index (χ3n) is 5.35. The van der Waals surface area contributed by atoms with Crippen molar-refractivity contribution < 1.29 is 14.3 Å². The van der Waals surface area contributed by atoms with Crippen LogP contribution in [0, 0.1) is 0 Å². The number of para-hydroxylation sites is 1. The number of carbonyl (C=O) groups excluding carboxylic acids is 2. The van der Waals surface area contributed by atoms with Gasteiger partial charge in [-0.3, -0.25) is 9.59 Å². The van der Waals surface area contributed by atoms with Crippen LogP contribution >= 0.6 is 0 Å². The molecule has 1 atom stereocenters. The molecule has 2 amide bonds. The normalized spacial score (nSPS) is 13.5. The Morgan fingerprint density at radius 2 is 1.77 bits per heavy atom. The van der Waals surface area contributed by atoms with Crippen LogP contribution in [0.4, 0.5) is 11.4 Å². The van der Waals surface area contributed by atoms with Crippen molar-refractivity contribution in [1.82, 2.24) is 10.6 Å². The molecule has 0 aliphatic carbocycles. The molecule has 0 saturated heterocycles. The van der Waals surface area contributed by atoms with E-state index in [4.69, 9.17) is 4.74 Å². The minimum absolute atomic E-state index is 0.0689. The van der Waals surface area contributed by atoms with E-state index in [1.54, 1.807) is 7.11 Å². The van der Waals surface area contributed by atoms with Crippen LogP contribution in [0.1, 0.15) is 17.2 Å². The Balaban J connectivity index is 1.77. The van der Waals surface area contributed by atoms with Gasteiger partial charge in [-0.1, -0.05) is 30.3 Å². The Kier molecular flexibility index (Phi) is 7.30. The summed E-state index contributed by atoms with van der Waals surface area (Å²) in [6, 6.07) is 16.6. The van der Waals surface area contributed by atoms with Crippen molar-refractivity contribution >= 4 is 23.2 Å². The van der Waals surface area contributed by atoms with Gasteiger partial charge in [0, 0.05) is 52.2 Å². The summed E-state index contributed by atoms with van der Waals surface area (Å²) in [4.78, 5) is 28.7. The first kappa shape index (κ1) is 21.6. The van der Waals surface area contributed by atoms with Gasteiger partial charge < -0.3 is 25.2 Å². The van der Waals surface area contributed by atoms with Crippen LogP contribution < -0.4 is 20.4 Å². The zero-order chi connectivity index (χ0) is 21.5. The number of hydrogen-bond donors (Lipinski definition) is 2. The molecule has 0 saturated carbocycles. The molecule has 1 heterocycles.